The molecule has 6 rings (SSSR count). The summed E-state index contributed by atoms with van der Waals surface area (Å²) in [5, 5.41) is 6.86. The minimum Gasteiger partial charge on any atom is -0.378 e. The Morgan fingerprint density at radius 3 is 1.20 bits per heavy atom. The molecule has 0 radical (unpaired) electrons. The first-order chi connectivity index (χ1) is 20.3. The van der Waals surface area contributed by atoms with Crippen LogP contribution in [0.5, 0.6) is 0 Å². The number of nitrogens with zero attached hydrogens (tertiary/aromatic N) is 4. The summed E-state index contributed by atoms with van der Waals surface area (Å²) in [6.45, 7) is 12.1. The number of nitrogens with one attached hydrogen (secondary N) is 2. The molecule has 0 unspecified atom stereocenters. The van der Waals surface area contributed by atoms with Crippen molar-refractivity contribution in [2.45, 2.75) is 0 Å². The lowest BCUT2D eigenvalue weighted by atomic mass is 10.1. The van der Waals surface area contributed by atoms with Crippen LogP contribution in [0.15, 0.2) is 36.4 Å². The molecular weight excluding hydrogens is 524 g/mol. The Hall–Kier alpha value is -3.25. The Morgan fingerprint density at radius 2 is 0.854 bits per heavy atom. The van der Waals surface area contributed by atoms with Gasteiger partial charge in [0.1, 0.15) is 0 Å². The predicted molar refractivity (Wildman–Crippen MR) is 162 cm³/mol. The molecule has 2 aromatic carbocycles. The molecule has 41 heavy (non-hydrogen) atoms. The Balaban J connectivity index is 1.25. The fraction of sp³-hybridized carbons (Fsp3) is 0.567. The van der Waals surface area contributed by atoms with E-state index in [-0.39, 0.29) is 12.5 Å². The van der Waals surface area contributed by atoms with E-state index in [2.05, 4.69) is 66.6 Å². The first-order valence-corrected chi connectivity index (χ1v) is 14.9. The molecule has 0 atom stereocenters. The Bertz CT molecular complexity index is 1090. The molecule has 11 heteroatoms. The maximum atomic E-state index is 13.7. The smallest absolute Gasteiger partial charge is 0.243 e. The number of amides is 1. The number of para-hydroxylation sites is 2. The van der Waals surface area contributed by atoms with Crippen molar-refractivity contribution in [2.24, 2.45) is 0 Å². The molecule has 4 aliphatic rings. The van der Waals surface area contributed by atoms with E-state index in [0.717, 1.165) is 86.5 Å². The first-order valence-electron chi connectivity index (χ1n) is 14.9. The highest BCUT2D eigenvalue weighted by molar-refractivity contribution is 6.02. The van der Waals surface area contributed by atoms with E-state index in [1.54, 1.807) is 0 Å². The van der Waals surface area contributed by atoms with Gasteiger partial charge >= 0.3 is 0 Å². The van der Waals surface area contributed by atoms with Gasteiger partial charge in [0.2, 0.25) is 5.91 Å². The van der Waals surface area contributed by atoms with Crippen molar-refractivity contribution in [3.05, 3.63) is 36.4 Å². The maximum absolute atomic E-state index is 13.7. The van der Waals surface area contributed by atoms with Crippen LogP contribution in [0, 0.1) is 0 Å². The summed E-state index contributed by atoms with van der Waals surface area (Å²) in [4.78, 5) is 23.0. The molecule has 4 saturated heterocycles. The second-order valence-electron chi connectivity index (χ2n) is 10.6. The molecule has 0 aliphatic carbocycles. The van der Waals surface area contributed by atoms with Crippen molar-refractivity contribution in [3.8, 4) is 0 Å². The zero-order valence-electron chi connectivity index (χ0n) is 23.8. The Labute approximate surface area is 242 Å². The van der Waals surface area contributed by atoms with E-state index in [1.165, 1.54) is 0 Å². The average Bonchev–Trinajstić information content (AvgIpc) is 3.05. The van der Waals surface area contributed by atoms with Gasteiger partial charge in [-0.25, -0.2) is 0 Å². The number of carbonyl (C=O) groups excluding carboxylic acids is 1. The summed E-state index contributed by atoms with van der Waals surface area (Å²) in [6.07, 6.45) is 0. The second-order valence-corrected chi connectivity index (χ2v) is 10.6. The Kier molecular flexibility index (Phi) is 9.26. The van der Waals surface area contributed by atoms with Crippen molar-refractivity contribution in [2.75, 3.05) is 142 Å². The van der Waals surface area contributed by atoms with Crippen LogP contribution in [-0.2, 0) is 23.7 Å². The molecule has 0 spiro atoms. The lowest BCUT2D eigenvalue weighted by molar-refractivity contribution is -0.114. The number of hydrogen-bond donors (Lipinski definition) is 2. The predicted octanol–water partition coefficient (Wildman–Crippen LogP) is 2.08. The van der Waals surface area contributed by atoms with Gasteiger partial charge in [-0.3, -0.25) is 4.79 Å². The van der Waals surface area contributed by atoms with Crippen molar-refractivity contribution in [1.82, 2.24) is 0 Å². The summed E-state index contributed by atoms with van der Waals surface area (Å²) in [5.41, 5.74) is 6.13. The van der Waals surface area contributed by atoms with E-state index in [0.29, 0.717) is 52.9 Å². The highest BCUT2D eigenvalue weighted by atomic mass is 16.5. The van der Waals surface area contributed by atoms with Crippen LogP contribution in [0.25, 0.3) is 0 Å². The maximum Gasteiger partial charge on any atom is 0.243 e. The van der Waals surface area contributed by atoms with Gasteiger partial charge in [0.25, 0.3) is 0 Å². The fourth-order valence-corrected chi connectivity index (χ4v) is 5.99. The van der Waals surface area contributed by atoms with E-state index < -0.39 is 0 Å². The molecule has 0 saturated carbocycles. The molecule has 222 valence electrons. The number of carbonyl (C=O) groups is 1. The molecule has 11 nitrogen and oxygen atoms in total. The summed E-state index contributed by atoms with van der Waals surface area (Å²) in [7, 11) is 0. The van der Waals surface area contributed by atoms with Gasteiger partial charge < -0.3 is 49.2 Å². The minimum atomic E-state index is -0.0788. The van der Waals surface area contributed by atoms with Gasteiger partial charge in [0.05, 0.1) is 93.5 Å². The zero-order chi connectivity index (χ0) is 27.9. The van der Waals surface area contributed by atoms with Crippen LogP contribution in [0.1, 0.15) is 0 Å². The lowest BCUT2D eigenvalue weighted by Crippen LogP contribution is -2.39. The first kappa shape index (κ1) is 27.9. The van der Waals surface area contributed by atoms with Crippen LogP contribution in [-0.4, -0.2) is 118 Å². The zero-order valence-corrected chi connectivity index (χ0v) is 23.8. The van der Waals surface area contributed by atoms with Gasteiger partial charge in [-0.2, -0.15) is 0 Å². The summed E-state index contributed by atoms with van der Waals surface area (Å²) >= 11 is 0. The van der Waals surface area contributed by atoms with Gasteiger partial charge in [0.15, 0.2) is 0 Å². The van der Waals surface area contributed by atoms with Crippen LogP contribution >= 0.6 is 0 Å². The number of morpholine rings is 4. The number of rotatable bonds is 8. The van der Waals surface area contributed by atoms with Crippen LogP contribution in [0.3, 0.4) is 0 Å². The number of anilines is 6. The van der Waals surface area contributed by atoms with Crippen molar-refractivity contribution in [1.29, 1.82) is 0 Å². The molecule has 4 aliphatic heterocycles. The lowest BCUT2D eigenvalue weighted by Gasteiger charge is -2.36. The average molecular weight is 567 g/mol. The highest BCUT2D eigenvalue weighted by Gasteiger charge is 2.25. The van der Waals surface area contributed by atoms with Crippen molar-refractivity contribution < 1.29 is 23.7 Å². The van der Waals surface area contributed by atoms with Crippen LogP contribution < -0.4 is 30.2 Å². The van der Waals surface area contributed by atoms with Crippen molar-refractivity contribution >= 4 is 40.0 Å². The molecular formula is C30H42N6O5. The molecule has 0 bridgehead atoms. The summed E-state index contributed by atoms with van der Waals surface area (Å²) < 4.78 is 22.5. The SMILES string of the molecule is O=C(CNc1c(N2CCOCC2)cccc1N1CCOCC1)Nc1c(N2CCOCC2)cccc1N1CCOCC1. The largest absolute Gasteiger partial charge is 0.378 e. The number of hydrogen-bond acceptors (Lipinski definition) is 10. The van der Waals surface area contributed by atoms with E-state index in [1.807, 2.05) is 0 Å². The monoisotopic (exact) mass is 566 g/mol. The van der Waals surface area contributed by atoms with Crippen LogP contribution in [0.2, 0.25) is 0 Å². The topological polar surface area (TPSA) is 91.0 Å². The fourth-order valence-electron chi connectivity index (χ4n) is 5.99. The summed E-state index contributed by atoms with van der Waals surface area (Å²) in [6, 6.07) is 12.7. The third-order valence-corrected chi connectivity index (χ3v) is 8.14. The van der Waals surface area contributed by atoms with E-state index >= 15 is 0 Å². The van der Waals surface area contributed by atoms with E-state index in [9.17, 15) is 4.79 Å². The van der Waals surface area contributed by atoms with Gasteiger partial charge in [-0.1, -0.05) is 12.1 Å². The third kappa shape index (κ3) is 6.64. The molecule has 1 amide bonds. The highest BCUT2D eigenvalue weighted by Crippen LogP contribution is 2.38. The Morgan fingerprint density at radius 1 is 0.537 bits per heavy atom. The summed E-state index contributed by atoms with van der Waals surface area (Å²) in [5.74, 6) is -0.0788. The minimum absolute atomic E-state index is 0.0788. The number of ether oxygens (including phenoxy) is 4. The van der Waals surface area contributed by atoms with Gasteiger partial charge in [-0.05, 0) is 24.3 Å². The van der Waals surface area contributed by atoms with E-state index in [4.69, 9.17) is 18.9 Å². The van der Waals surface area contributed by atoms with Crippen LogP contribution in [0.4, 0.5) is 34.1 Å². The third-order valence-electron chi connectivity index (χ3n) is 8.14. The van der Waals surface area contributed by atoms with Crippen molar-refractivity contribution in [3.63, 3.8) is 0 Å². The standard InChI is InChI=1S/C30H42N6O5/c37-28(32-30-26(35-11-19-40-20-12-35)5-2-6-27(30)36-13-21-41-22-14-36)23-31-29-24(33-7-15-38-16-8-33)3-1-4-25(29)34-9-17-39-18-10-34/h1-6,31H,7-23H2,(H,32,37). The molecule has 4 fully saturated rings. The van der Waals surface area contributed by atoms with Gasteiger partial charge in [0, 0.05) is 52.4 Å². The second kappa shape index (κ2) is 13.6. The quantitative estimate of drug-likeness (QED) is 0.495. The van der Waals surface area contributed by atoms with Gasteiger partial charge in [-0.15, -0.1) is 0 Å². The molecule has 4 heterocycles. The normalized spacial score (nSPS) is 20.2. The molecule has 2 aromatic rings. The molecule has 2 N–H and O–H groups in total. The number of benzene rings is 2. The molecule has 0 aromatic heterocycles.